The minimum Gasteiger partial charge on any atom is -0.370 e. The molecule has 0 fully saturated rings. The average molecular weight is 271 g/mol. The van der Waals surface area contributed by atoms with Gasteiger partial charge in [-0.2, -0.15) is 9.97 Å². The normalized spacial score (nSPS) is 10.6. The molecule has 0 aliphatic carbocycles. The Morgan fingerprint density at radius 3 is 2.60 bits per heavy atom. The Bertz CT molecular complexity index is 580. The second-order valence-electron chi connectivity index (χ2n) is 4.93. The zero-order chi connectivity index (χ0) is 14.5. The highest BCUT2D eigenvalue weighted by atomic mass is 15.1. The van der Waals surface area contributed by atoms with Crippen molar-refractivity contribution in [3.05, 3.63) is 35.9 Å². The van der Waals surface area contributed by atoms with E-state index in [2.05, 4.69) is 46.6 Å². The summed E-state index contributed by atoms with van der Waals surface area (Å²) in [5.74, 6) is 2.16. The van der Waals surface area contributed by atoms with Crippen LogP contribution in [-0.2, 0) is 0 Å². The van der Waals surface area contributed by atoms with E-state index in [-0.39, 0.29) is 5.95 Å². The van der Waals surface area contributed by atoms with Crippen molar-refractivity contribution in [2.24, 2.45) is 0 Å². The van der Waals surface area contributed by atoms with Gasteiger partial charge in [-0.1, -0.05) is 26.0 Å². The summed E-state index contributed by atoms with van der Waals surface area (Å²) in [5.41, 5.74) is 8.00. The summed E-state index contributed by atoms with van der Waals surface area (Å²) in [6, 6.07) is 10.1. The van der Waals surface area contributed by atoms with Crippen molar-refractivity contribution in [1.82, 2.24) is 9.97 Å². The van der Waals surface area contributed by atoms with Crippen LogP contribution in [0.3, 0.4) is 0 Å². The second-order valence-corrected chi connectivity index (χ2v) is 4.93. The largest absolute Gasteiger partial charge is 0.370 e. The smallest absolute Gasteiger partial charge is 0.223 e. The second kappa shape index (κ2) is 6.23. The van der Waals surface area contributed by atoms with Crippen LogP contribution in [0.5, 0.6) is 0 Å². The van der Waals surface area contributed by atoms with Crippen LogP contribution in [0, 0.1) is 0 Å². The molecule has 2 aromatic rings. The molecule has 106 valence electrons. The van der Waals surface area contributed by atoms with E-state index in [4.69, 9.17) is 5.73 Å². The quantitative estimate of drug-likeness (QED) is 0.777. The lowest BCUT2D eigenvalue weighted by Gasteiger charge is -2.11. The summed E-state index contributed by atoms with van der Waals surface area (Å²) in [6.45, 7) is 7.15. The van der Waals surface area contributed by atoms with Crippen molar-refractivity contribution in [2.45, 2.75) is 26.7 Å². The number of aromatic nitrogens is 2. The first-order chi connectivity index (χ1) is 9.58. The molecule has 1 heterocycles. The molecule has 5 nitrogen and oxygen atoms in total. The lowest BCUT2D eigenvalue weighted by Crippen LogP contribution is -2.05. The Hall–Kier alpha value is -2.30. The summed E-state index contributed by atoms with van der Waals surface area (Å²) in [6.07, 6.45) is 0. The number of nitrogens with two attached hydrogens (primary N) is 1. The number of nitrogens with one attached hydrogen (secondary N) is 2. The van der Waals surface area contributed by atoms with Crippen LogP contribution in [0.15, 0.2) is 30.3 Å². The molecule has 0 saturated carbocycles. The predicted molar refractivity (Wildman–Crippen MR) is 84.4 cm³/mol. The van der Waals surface area contributed by atoms with E-state index in [9.17, 15) is 0 Å². The molecule has 0 unspecified atom stereocenters. The van der Waals surface area contributed by atoms with Crippen molar-refractivity contribution in [3.63, 3.8) is 0 Å². The highest BCUT2D eigenvalue weighted by molar-refractivity contribution is 5.61. The molecular weight excluding hydrogens is 250 g/mol. The maximum atomic E-state index is 5.72. The van der Waals surface area contributed by atoms with Gasteiger partial charge in [-0.25, -0.2) is 0 Å². The van der Waals surface area contributed by atoms with Gasteiger partial charge in [0.15, 0.2) is 0 Å². The Labute approximate surface area is 119 Å². The van der Waals surface area contributed by atoms with Gasteiger partial charge in [-0.15, -0.1) is 0 Å². The van der Waals surface area contributed by atoms with Crippen molar-refractivity contribution in [3.8, 4) is 0 Å². The van der Waals surface area contributed by atoms with Crippen LogP contribution < -0.4 is 16.4 Å². The van der Waals surface area contributed by atoms with Gasteiger partial charge in [0.05, 0.1) is 0 Å². The molecular formula is C15H21N5. The summed E-state index contributed by atoms with van der Waals surface area (Å²) in [4.78, 5) is 8.33. The molecule has 1 aromatic heterocycles. The van der Waals surface area contributed by atoms with Crippen molar-refractivity contribution >= 4 is 23.3 Å². The fourth-order valence-corrected chi connectivity index (χ4v) is 1.93. The van der Waals surface area contributed by atoms with Gasteiger partial charge in [0.1, 0.15) is 11.6 Å². The number of hydrogen-bond acceptors (Lipinski definition) is 5. The molecule has 0 saturated heterocycles. The third kappa shape index (κ3) is 3.60. The predicted octanol–water partition coefficient (Wildman–Crippen LogP) is 3.36. The maximum Gasteiger partial charge on any atom is 0.223 e. The molecule has 5 heteroatoms. The van der Waals surface area contributed by atoms with Gasteiger partial charge in [0, 0.05) is 18.3 Å². The van der Waals surface area contributed by atoms with E-state index < -0.39 is 0 Å². The van der Waals surface area contributed by atoms with E-state index >= 15 is 0 Å². The number of benzene rings is 1. The van der Waals surface area contributed by atoms with Crippen LogP contribution in [0.2, 0.25) is 0 Å². The third-order valence-electron chi connectivity index (χ3n) is 2.93. The summed E-state index contributed by atoms with van der Waals surface area (Å²) >= 11 is 0. The average Bonchev–Trinajstić information content (AvgIpc) is 2.38. The molecule has 0 spiro atoms. The van der Waals surface area contributed by atoms with Gasteiger partial charge in [0.2, 0.25) is 5.95 Å². The minimum absolute atomic E-state index is 0.256. The van der Waals surface area contributed by atoms with Gasteiger partial charge in [-0.3, -0.25) is 0 Å². The van der Waals surface area contributed by atoms with Crippen LogP contribution in [0.4, 0.5) is 23.3 Å². The fraction of sp³-hybridized carbons (Fsp3) is 0.333. The molecule has 0 aliphatic heterocycles. The van der Waals surface area contributed by atoms with Crippen LogP contribution in [0.1, 0.15) is 32.3 Å². The van der Waals surface area contributed by atoms with Crippen LogP contribution in [0.25, 0.3) is 0 Å². The Morgan fingerprint density at radius 1 is 1.15 bits per heavy atom. The molecule has 0 aliphatic rings. The number of anilines is 4. The zero-order valence-electron chi connectivity index (χ0n) is 12.1. The molecule has 20 heavy (non-hydrogen) atoms. The first-order valence-corrected chi connectivity index (χ1v) is 6.84. The summed E-state index contributed by atoms with van der Waals surface area (Å²) in [5, 5.41) is 6.40. The standard InChI is InChI=1S/C15H21N5/c1-4-17-13-9-14(20-15(16)19-13)18-12-7-5-6-11(8-12)10(2)3/h5-10H,4H2,1-3H3,(H4,16,17,18,19,20). The van der Waals surface area contributed by atoms with Crippen molar-refractivity contribution in [1.29, 1.82) is 0 Å². The number of nitrogen functional groups attached to an aromatic ring is 1. The van der Waals surface area contributed by atoms with Gasteiger partial charge < -0.3 is 16.4 Å². The highest BCUT2D eigenvalue weighted by Crippen LogP contribution is 2.22. The van der Waals surface area contributed by atoms with Gasteiger partial charge in [-0.05, 0) is 30.5 Å². The monoisotopic (exact) mass is 271 g/mol. The molecule has 0 atom stereocenters. The topological polar surface area (TPSA) is 75.9 Å². The molecule has 0 radical (unpaired) electrons. The van der Waals surface area contributed by atoms with E-state index in [1.54, 1.807) is 0 Å². The SMILES string of the molecule is CCNc1cc(Nc2cccc(C(C)C)c2)nc(N)n1. The Kier molecular flexibility index (Phi) is 4.40. The molecule has 2 rings (SSSR count). The van der Waals surface area contributed by atoms with Crippen molar-refractivity contribution in [2.75, 3.05) is 22.9 Å². The van der Waals surface area contributed by atoms with Crippen molar-refractivity contribution < 1.29 is 0 Å². The molecule has 0 bridgehead atoms. The highest BCUT2D eigenvalue weighted by Gasteiger charge is 2.04. The zero-order valence-corrected chi connectivity index (χ0v) is 12.1. The summed E-state index contributed by atoms with van der Waals surface area (Å²) < 4.78 is 0. The fourth-order valence-electron chi connectivity index (χ4n) is 1.93. The first-order valence-electron chi connectivity index (χ1n) is 6.84. The van der Waals surface area contributed by atoms with Crippen LogP contribution >= 0.6 is 0 Å². The number of hydrogen-bond donors (Lipinski definition) is 3. The molecule has 1 aromatic carbocycles. The van der Waals surface area contributed by atoms with E-state index in [0.717, 1.165) is 18.1 Å². The molecule has 4 N–H and O–H groups in total. The number of nitrogens with zero attached hydrogens (tertiary/aromatic N) is 2. The van der Waals surface area contributed by atoms with E-state index in [0.29, 0.717) is 11.7 Å². The maximum absolute atomic E-state index is 5.72. The van der Waals surface area contributed by atoms with E-state index in [1.165, 1.54) is 5.56 Å². The third-order valence-corrected chi connectivity index (χ3v) is 2.93. The minimum atomic E-state index is 0.256. The van der Waals surface area contributed by atoms with Crippen LogP contribution in [-0.4, -0.2) is 16.5 Å². The summed E-state index contributed by atoms with van der Waals surface area (Å²) in [7, 11) is 0. The van der Waals surface area contributed by atoms with Gasteiger partial charge >= 0.3 is 0 Å². The number of rotatable bonds is 5. The Balaban J connectivity index is 2.23. The van der Waals surface area contributed by atoms with Gasteiger partial charge in [0.25, 0.3) is 0 Å². The van der Waals surface area contributed by atoms with E-state index in [1.807, 2.05) is 25.1 Å². The lowest BCUT2D eigenvalue weighted by molar-refractivity contribution is 0.867. The molecule has 0 amide bonds. The first kappa shape index (κ1) is 14.1. The lowest BCUT2D eigenvalue weighted by atomic mass is 10.0. The Morgan fingerprint density at radius 2 is 1.90 bits per heavy atom.